The zero-order valence-corrected chi connectivity index (χ0v) is 76.9. The van der Waals surface area contributed by atoms with Crippen LogP contribution in [0.15, 0.2) is 0 Å². The summed E-state index contributed by atoms with van der Waals surface area (Å²) in [5, 5.41) is 10.2. The number of hydrogen-bond acceptors (Lipinski definition) is 19. The van der Waals surface area contributed by atoms with E-state index in [-0.39, 0.29) is 147 Å². The number of ketones is 2. The summed E-state index contributed by atoms with van der Waals surface area (Å²) in [6, 6.07) is -2.86. The molecule has 2 unspecified atom stereocenters. The molecule has 0 aliphatic rings. The third-order valence-electron chi connectivity index (χ3n) is 19.3. The number of hydrogen-bond donors (Lipinski definition) is 4. The summed E-state index contributed by atoms with van der Waals surface area (Å²) in [5.74, 6) is -2.19. The molecule has 0 heterocycles. The Morgan fingerprint density at radius 2 is 0.564 bits per heavy atom. The molecule has 0 aromatic carbocycles. The monoisotopic (exact) mass is 1620 g/mol. The largest absolute Gasteiger partial charge is 1.00 e. The van der Waals surface area contributed by atoms with Gasteiger partial charge in [0.15, 0.2) is 0 Å². The summed E-state index contributed by atoms with van der Waals surface area (Å²) in [4.78, 5) is 117. The van der Waals surface area contributed by atoms with Gasteiger partial charge in [-0.15, -0.1) is 0 Å². The molecular weight excluding hydrogens is 1460 g/mol. The average Bonchev–Trinajstić information content (AvgIpc) is 0.912. The first-order valence-corrected chi connectivity index (χ1v) is 46.6. The molecule has 0 aliphatic carbocycles. The molecule has 0 fully saturated rings. The van der Waals surface area contributed by atoms with Crippen LogP contribution in [0.2, 0.25) is 0 Å². The molecule has 6 atom stereocenters. The first-order valence-electron chi connectivity index (χ1n) is 43.7. The number of esters is 2. The molecule has 0 aromatic heterocycles. The van der Waals surface area contributed by atoms with E-state index in [1.54, 1.807) is 0 Å². The van der Waals surface area contributed by atoms with E-state index in [0.29, 0.717) is 51.4 Å². The normalized spacial score (nSPS) is 13.5. The van der Waals surface area contributed by atoms with E-state index in [9.17, 15) is 52.5 Å². The number of carbonyl (C=O) groups excluding carboxylic acids is 7. The maximum absolute atomic E-state index is 13.3. The third kappa shape index (κ3) is 79.1. The number of Topliss-reactive ketones (excluding diaryl/α,β-unsaturated/α-hetero) is 2. The van der Waals surface area contributed by atoms with Crippen LogP contribution >= 0.6 is 15.6 Å². The van der Waals surface area contributed by atoms with Crippen LogP contribution in [-0.2, 0) is 74.9 Å². The molecule has 0 aromatic rings. The van der Waals surface area contributed by atoms with E-state index in [0.717, 1.165) is 167 Å². The number of rotatable bonds is 84. The Hall–Kier alpha value is -1.37. The maximum atomic E-state index is 13.3. The summed E-state index contributed by atoms with van der Waals surface area (Å²) in [5.41, 5.74) is 0. The fourth-order valence-electron chi connectivity index (χ4n) is 12.8. The number of ether oxygens (including phenoxy) is 4. The van der Waals surface area contributed by atoms with Gasteiger partial charge in [0.1, 0.15) is 23.8 Å². The molecule has 4 N–H and O–H groups in total. The van der Waals surface area contributed by atoms with E-state index < -0.39 is 84.8 Å². The van der Waals surface area contributed by atoms with E-state index in [1.165, 1.54) is 116 Å². The van der Waals surface area contributed by atoms with Crippen LogP contribution in [0, 0.1) is 0 Å². The zero-order chi connectivity index (χ0) is 79.5. The van der Waals surface area contributed by atoms with Crippen LogP contribution in [0.5, 0.6) is 0 Å². The van der Waals surface area contributed by atoms with Gasteiger partial charge in [-0.2, -0.15) is 0 Å². The van der Waals surface area contributed by atoms with Gasteiger partial charge in [0.2, 0.25) is 11.8 Å². The predicted octanol–water partition coefficient (Wildman–Crippen LogP) is 13.2. The van der Waals surface area contributed by atoms with Gasteiger partial charge in [-0.3, -0.25) is 37.9 Å². The summed E-state index contributed by atoms with van der Waals surface area (Å²) in [6.07, 6.45) is 51.9. The van der Waals surface area contributed by atoms with E-state index >= 15 is 0 Å². The fourth-order valence-corrected chi connectivity index (χ4v) is 14.3. The summed E-state index contributed by atoms with van der Waals surface area (Å²) in [6.45, 7) is 10.0. The molecule has 636 valence electrons. The predicted molar refractivity (Wildman–Crippen MR) is 428 cm³/mol. The minimum atomic E-state index is -5.06. The summed E-state index contributed by atoms with van der Waals surface area (Å²) >= 11 is 0. The van der Waals surface area contributed by atoms with Crippen molar-refractivity contribution in [3.63, 3.8) is 0 Å². The molecule has 27 heteroatoms. The van der Waals surface area contributed by atoms with Crippen molar-refractivity contribution in [3.05, 3.63) is 0 Å². The van der Waals surface area contributed by atoms with Crippen molar-refractivity contribution in [3.8, 4) is 0 Å². The Morgan fingerprint density at radius 3 is 0.845 bits per heavy atom. The van der Waals surface area contributed by atoms with Gasteiger partial charge in [0, 0.05) is 51.6 Å². The van der Waals surface area contributed by atoms with Crippen molar-refractivity contribution in [1.82, 2.24) is 21.3 Å². The topological polar surface area (TPSA) is 322 Å². The van der Waals surface area contributed by atoms with Gasteiger partial charge in [0.25, 0.3) is 15.6 Å². The van der Waals surface area contributed by atoms with Gasteiger partial charge in [-0.1, -0.05) is 298 Å². The number of carbonyl (C=O) groups is 7. The summed E-state index contributed by atoms with van der Waals surface area (Å²) in [7, 11) is -10.1. The Bertz CT molecular complexity index is 2140. The molecule has 110 heavy (non-hydrogen) atoms. The maximum Gasteiger partial charge on any atom is 1.00 e. The molecule has 0 bridgehead atoms. The molecular formula is C83H158N4Na2O19P2. The number of phosphoric acid groups is 2. The van der Waals surface area contributed by atoms with Crippen molar-refractivity contribution in [2.75, 3.05) is 65.9 Å². The van der Waals surface area contributed by atoms with Crippen molar-refractivity contribution in [2.24, 2.45) is 0 Å². The Balaban J connectivity index is -0.0000572. The Labute approximate surface area is 712 Å². The smallest absolute Gasteiger partial charge is 0.756 e. The van der Waals surface area contributed by atoms with Crippen LogP contribution < -0.4 is 90.2 Å². The van der Waals surface area contributed by atoms with E-state index in [4.69, 9.17) is 37.0 Å². The molecule has 4 amide bonds. The molecule has 0 rings (SSSR count). The number of urea groups is 1. The zero-order valence-electron chi connectivity index (χ0n) is 71.1. The minimum absolute atomic E-state index is 0. The second-order valence-electron chi connectivity index (χ2n) is 30.0. The molecule has 0 spiro atoms. The molecule has 0 saturated heterocycles. The summed E-state index contributed by atoms with van der Waals surface area (Å²) < 4.78 is 70.5. The first-order chi connectivity index (χ1) is 52.3. The molecule has 0 saturated carbocycles. The Morgan fingerprint density at radius 1 is 0.309 bits per heavy atom. The SMILES string of the molecule is CCCCCCCCCCCC(=O)CC(=O)N[C@H](COCC[C@H](CCCCCCC)OC(=O)CCCCCCCCCCC)COP(=O)([O-])OCCNC(=O)NCCOP(=O)([O-])OC[C@@H](COCC[C@H](CCCCCCC)OC(=O)CCCCCCCCCCC)NC(=O)CC(=O)CCCCCCCCCCC.[Na+].[Na+]. The van der Waals surface area contributed by atoms with Gasteiger partial charge in [0.05, 0.1) is 77.8 Å². The van der Waals surface area contributed by atoms with Crippen LogP contribution in [0.3, 0.4) is 0 Å². The van der Waals surface area contributed by atoms with Crippen molar-refractivity contribution >= 4 is 57.0 Å². The van der Waals surface area contributed by atoms with E-state index in [2.05, 4.69) is 62.8 Å². The number of phosphoric ester groups is 2. The molecule has 0 aliphatic heterocycles. The number of unbranched alkanes of at least 4 members (excludes halogenated alkanes) is 40. The minimum Gasteiger partial charge on any atom is -0.756 e. The van der Waals surface area contributed by atoms with Gasteiger partial charge >= 0.3 is 77.1 Å². The van der Waals surface area contributed by atoms with E-state index in [1.807, 2.05) is 0 Å². The van der Waals surface area contributed by atoms with Crippen LogP contribution in [-0.4, -0.2) is 132 Å². The van der Waals surface area contributed by atoms with Crippen molar-refractivity contribution < 1.29 is 149 Å². The van der Waals surface area contributed by atoms with Crippen LogP contribution in [0.25, 0.3) is 0 Å². The standard InChI is InChI=1S/C83H160N4O19P2.2Na/c1-7-13-19-25-29-33-37-43-47-53-75(88)67-79(90)86-73(69-99-63-59-77(55-49-41-23-17-11-5)105-81(92)57-51-45-39-35-31-27-21-15-9-3)71-103-107(95,96)101-65-61-84-83(94)85-62-66-102-108(97,98)104-72-74(87-80(91)68-76(89)54-48-44-38-34-30-26-20-14-8-2)70-100-64-60-78(56-50-42-24-18-12-6)106-82(93)58-52-46-40-36-32-28-22-16-10-4;;/h73-74,77-78H,7-72H2,1-6H3,(H,86,90)(H,87,91)(H,95,96)(H,97,98)(H2,84,85,94);;/q;2*+1/p-2/t73-,74-,77+,78+;;/m1../s1. The number of amides is 4. The average molecular weight is 1620 g/mol. The molecule has 23 nitrogen and oxygen atoms in total. The third-order valence-corrected chi connectivity index (χ3v) is 21.3. The second kappa shape index (κ2) is 82.7. The second-order valence-corrected chi connectivity index (χ2v) is 32.8. The quantitative estimate of drug-likeness (QED) is 0.0144. The fraction of sp³-hybridized carbons (Fsp3) is 0.916. The van der Waals surface area contributed by atoms with Gasteiger partial charge < -0.3 is 68.1 Å². The molecule has 0 radical (unpaired) electrons. The van der Waals surface area contributed by atoms with Crippen LogP contribution in [0.1, 0.15) is 401 Å². The van der Waals surface area contributed by atoms with Crippen LogP contribution in [0.4, 0.5) is 4.79 Å². The first kappa shape index (κ1) is 113. The number of nitrogens with one attached hydrogen (secondary N) is 4. The van der Waals surface area contributed by atoms with Crippen molar-refractivity contribution in [2.45, 2.75) is 425 Å². The van der Waals surface area contributed by atoms with Crippen molar-refractivity contribution in [1.29, 1.82) is 0 Å². The van der Waals surface area contributed by atoms with Gasteiger partial charge in [-0.25, -0.2) is 4.79 Å². The van der Waals surface area contributed by atoms with Gasteiger partial charge in [-0.05, 0) is 51.4 Å². The Kier molecular flexibility index (Phi) is 84.8.